The highest BCUT2D eigenvalue weighted by Crippen LogP contribution is 2.26. The van der Waals surface area contributed by atoms with Gasteiger partial charge in [-0.1, -0.05) is 18.2 Å². The van der Waals surface area contributed by atoms with E-state index < -0.39 is 0 Å². The predicted octanol–water partition coefficient (Wildman–Crippen LogP) is 2.87. The van der Waals surface area contributed by atoms with Gasteiger partial charge in [0.05, 0.1) is 0 Å². The van der Waals surface area contributed by atoms with Gasteiger partial charge in [-0.3, -0.25) is 0 Å². The number of benzene rings is 1. The minimum atomic E-state index is 0.503. The van der Waals surface area contributed by atoms with Crippen molar-refractivity contribution in [2.24, 2.45) is 5.84 Å². The maximum absolute atomic E-state index is 5.92. The number of anilines is 1. The molecular formula is C15H19N3O. The highest BCUT2D eigenvalue weighted by Gasteiger charge is 2.06. The summed E-state index contributed by atoms with van der Waals surface area (Å²) < 4.78 is 5.92. The average molecular weight is 257 g/mol. The Morgan fingerprint density at radius 2 is 1.84 bits per heavy atom. The number of nitrogens with one attached hydrogen (secondary N) is 1. The fourth-order valence-electron chi connectivity index (χ4n) is 1.90. The van der Waals surface area contributed by atoms with E-state index in [-0.39, 0.29) is 0 Å². The van der Waals surface area contributed by atoms with Gasteiger partial charge in [0.2, 0.25) is 0 Å². The maximum Gasteiger partial charge on any atom is 0.139 e. The molecule has 0 bridgehead atoms. The van der Waals surface area contributed by atoms with Crippen LogP contribution in [-0.2, 0) is 6.61 Å². The molecule has 0 radical (unpaired) electrons. The second kappa shape index (κ2) is 5.71. The Morgan fingerprint density at radius 3 is 2.47 bits per heavy atom. The molecule has 0 aliphatic rings. The Labute approximate surface area is 113 Å². The third-order valence-corrected chi connectivity index (χ3v) is 3.23. The standard InChI is InChI=1S/C15H19N3O/c1-10-4-5-11(2)15(12(10)3)19-9-13-6-7-14(18-16)17-8-13/h4-8H,9,16H2,1-3H3,(H,17,18). The van der Waals surface area contributed by atoms with Crippen LogP contribution in [0.15, 0.2) is 30.5 Å². The van der Waals surface area contributed by atoms with Crippen molar-refractivity contribution in [1.82, 2.24) is 4.98 Å². The summed E-state index contributed by atoms with van der Waals surface area (Å²) in [6.45, 7) is 6.73. The minimum absolute atomic E-state index is 0.503. The van der Waals surface area contributed by atoms with Crippen LogP contribution in [0.3, 0.4) is 0 Å². The molecule has 2 aromatic rings. The Bertz CT molecular complexity index is 564. The normalized spacial score (nSPS) is 10.3. The number of aromatic nitrogens is 1. The fraction of sp³-hybridized carbons (Fsp3) is 0.267. The number of pyridine rings is 1. The van der Waals surface area contributed by atoms with Crippen LogP contribution in [0.1, 0.15) is 22.3 Å². The summed E-state index contributed by atoms with van der Waals surface area (Å²) >= 11 is 0. The fourth-order valence-corrected chi connectivity index (χ4v) is 1.90. The lowest BCUT2D eigenvalue weighted by Gasteiger charge is -2.14. The van der Waals surface area contributed by atoms with E-state index in [9.17, 15) is 0 Å². The van der Waals surface area contributed by atoms with Gasteiger partial charge in [-0.15, -0.1) is 0 Å². The van der Waals surface area contributed by atoms with Crippen molar-refractivity contribution < 1.29 is 4.74 Å². The van der Waals surface area contributed by atoms with E-state index in [2.05, 4.69) is 43.3 Å². The monoisotopic (exact) mass is 257 g/mol. The molecule has 0 aliphatic carbocycles. The van der Waals surface area contributed by atoms with Gasteiger partial charge in [0.1, 0.15) is 18.2 Å². The van der Waals surface area contributed by atoms with Gasteiger partial charge in [-0.05, 0) is 43.5 Å². The lowest BCUT2D eigenvalue weighted by molar-refractivity contribution is 0.301. The van der Waals surface area contributed by atoms with Crippen LogP contribution in [0.5, 0.6) is 5.75 Å². The largest absolute Gasteiger partial charge is 0.488 e. The molecule has 0 saturated carbocycles. The molecule has 100 valence electrons. The van der Waals surface area contributed by atoms with Crippen molar-refractivity contribution >= 4 is 5.82 Å². The zero-order valence-corrected chi connectivity index (χ0v) is 11.5. The van der Waals surface area contributed by atoms with E-state index in [4.69, 9.17) is 10.6 Å². The van der Waals surface area contributed by atoms with Crippen molar-refractivity contribution in [2.75, 3.05) is 5.43 Å². The van der Waals surface area contributed by atoms with Crippen LogP contribution >= 0.6 is 0 Å². The van der Waals surface area contributed by atoms with Gasteiger partial charge in [0, 0.05) is 11.8 Å². The summed E-state index contributed by atoms with van der Waals surface area (Å²) in [5.74, 6) is 6.88. The number of nitrogens with two attached hydrogens (primary N) is 1. The zero-order valence-electron chi connectivity index (χ0n) is 11.5. The van der Waals surface area contributed by atoms with Crippen LogP contribution in [0.2, 0.25) is 0 Å². The number of nitrogens with zero attached hydrogens (tertiary/aromatic N) is 1. The lowest BCUT2D eigenvalue weighted by atomic mass is 10.1. The van der Waals surface area contributed by atoms with Crippen molar-refractivity contribution in [2.45, 2.75) is 27.4 Å². The second-order valence-corrected chi connectivity index (χ2v) is 4.64. The first-order chi connectivity index (χ1) is 9.11. The number of hydrogen-bond donors (Lipinski definition) is 2. The summed E-state index contributed by atoms with van der Waals surface area (Å²) in [7, 11) is 0. The second-order valence-electron chi connectivity index (χ2n) is 4.64. The highest BCUT2D eigenvalue weighted by molar-refractivity contribution is 5.44. The predicted molar refractivity (Wildman–Crippen MR) is 77.0 cm³/mol. The van der Waals surface area contributed by atoms with Crippen molar-refractivity contribution in [3.05, 3.63) is 52.7 Å². The maximum atomic E-state index is 5.92. The summed E-state index contributed by atoms with van der Waals surface area (Å²) in [5, 5.41) is 0. The molecule has 19 heavy (non-hydrogen) atoms. The highest BCUT2D eigenvalue weighted by atomic mass is 16.5. The lowest BCUT2D eigenvalue weighted by Crippen LogP contribution is -2.08. The Balaban J connectivity index is 2.12. The van der Waals surface area contributed by atoms with Crippen molar-refractivity contribution in [1.29, 1.82) is 0 Å². The smallest absolute Gasteiger partial charge is 0.139 e. The number of nitrogen functional groups attached to an aromatic ring is 1. The molecule has 0 spiro atoms. The first kappa shape index (κ1) is 13.4. The van der Waals surface area contributed by atoms with Crippen LogP contribution in [-0.4, -0.2) is 4.98 Å². The molecule has 0 unspecified atom stereocenters. The van der Waals surface area contributed by atoms with Crippen LogP contribution in [0, 0.1) is 20.8 Å². The van der Waals surface area contributed by atoms with E-state index in [0.717, 1.165) is 16.9 Å². The summed E-state index contributed by atoms with van der Waals surface area (Å²) in [5.41, 5.74) is 7.09. The van der Waals surface area contributed by atoms with Gasteiger partial charge in [0.15, 0.2) is 0 Å². The van der Waals surface area contributed by atoms with E-state index >= 15 is 0 Å². The van der Waals surface area contributed by atoms with Crippen LogP contribution in [0.25, 0.3) is 0 Å². The van der Waals surface area contributed by atoms with E-state index in [0.29, 0.717) is 12.4 Å². The van der Waals surface area contributed by atoms with Gasteiger partial charge in [-0.2, -0.15) is 0 Å². The Kier molecular flexibility index (Phi) is 4.02. The molecule has 1 aromatic carbocycles. The van der Waals surface area contributed by atoms with Gasteiger partial charge in [-0.25, -0.2) is 10.8 Å². The Morgan fingerprint density at radius 1 is 1.11 bits per heavy atom. The first-order valence-corrected chi connectivity index (χ1v) is 6.23. The molecular weight excluding hydrogens is 238 g/mol. The average Bonchev–Trinajstić information content (AvgIpc) is 2.44. The molecule has 4 heteroatoms. The van der Waals surface area contributed by atoms with Gasteiger partial charge < -0.3 is 10.2 Å². The number of aryl methyl sites for hydroxylation is 2. The van der Waals surface area contributed by atoms with Crippen LogP contribution < -0.4 is 16.0 Å². The van der Waals surface area contributed by atoms with E-state index in [1.54, 1.807) is 6.20 Å². The molecule has 0 aliphatic heterocycles. The number of rotatable bonds is 4. The van der Waals surface area contributed by atoms with Crippen LogP contribution in [0.4, 0.5) is 5.82 Å². The summed E-state index contributed by atoms with van der Waals surface area (Å²) in [6, 6.07) is 7.97. The number of ether oxygens (including phenoxy) is 1. The molecule has 0 saturated heterocycles. The van der Waals surface area contributed by atoms with E-state index in [1.807, 2.05) is 12.1 Å². The third-order valence-electron chi connectivity index (χ3n) is 3.23. The molecule has 0 atom stereocenters. The quantitative estimate of drug-likeness (QED) is 0.653. The summed E-state index contributed by atoms with van der Waals surface area (Å²) in [6.07, 6.45) is 1.76. The SMILES string of the molecule is Cc1ccc(C)c(OCc2ccc(NN)nc2)c1C. The molecule has 4 nitrogen and oxygen atoms in total. The summed E-state index contributed by atoms with van der Waals surface area (Å²) in [4.78, 5) is 4.16. The van der Waals surface area contributed by atoms with Gasteiger partial charge >= 0.3 is 0 Å². The topological polar surface area (TPSA) is 60.2 Å². The molecule has 3 N–H and O–H groups in total. The molecule has 1 aromatic heterocycles. The zero-order chi connectivity index (χ0) is 13.8. The third kappa shape index (κ3) is 3.03. The van der Waals surface area contributed by atoms with Crippen molar-refractivity contribution in [3.8, 4) is 5.75 Å². The van der Waals surface area contributed by atoms with E-state index in [1.165, 1.54) is 11.1 Å². The number of hydrogen-bond acceptors (Lipinski definition) is 4. The van der Waals surface area contributed by atoms with Crippen molar-refractivity contribution in [3.63, 3.8) is 0 Å². The van der Waals surface area contributed by atoms with Gasteiger partial charge in [0.25, 0.3) is 0 Å². The first-order valence-electron chi connectivity index (χ1n) is 6.23. The molecule has 1 heterocycles. The molecule has 0 fully saturated rings. The molecule has 2 rings (SSSR count). The Hall–Kier alpha value is -2.07. The number of hydrazine groups is 1. The molecule has 0 amide bonds. The minimum Gasteiger partial charge on any atom is -0.488 e.